The van der Waals surface area contributed by atoms with Gasteiger partial charge in [0.25, 0.3) is 5.91 Å². The van der Waals surface area contributed by atoms with Gasteiger partial charge in [0, 0.05) is 18.3 Å². The van der Waals surface area contributed by atoms with Crippen LogP contribution in [0.5, 0.6) is 0 Å². The van der Waals surface area contributed by atoms with Crippen LogP contribution in [0.3, 0.4) is 0 Å². The van der Waals surface area contributed by atoms with Crippen LogP contribution in [0, 0.1) is 5.92 Å². The van der Waals surface area contributed by atoms with Crippen molar-refractivity contribution < 1.29 is 14.7 Å². The molecular formula is C19H19NO3. The maximum atomic E-state index is 12.5. The fourth-order valence-corrected chi connectivity index (χ4v) is 2.10. The van der Waals surface area contributed by atoms with E-state index in [4.69, 9.17) is 5.11 Å². The van der Waals surface area contributed by atoms with Crippen LogP contribution < -0.4 is 4.90 Å². The van der Waals surface area contributed by atoms with Crippen LogP contribution in [-0.4, -0.2) is 23.5 Å². The van der Waals surface area contributed by atoms with Gasteiger partial charge in [0.15, 0.2) is 0 Å². The highest BCUT2D eigenvalue weighted by atomic mass is 16.4. The molecule has 0 aliphatic heterocycles. The summed E-state index contributed by atoms with van der Waals surface area (Å²) in [6.45, 7) is 1.71. The zero-order valence-electron chi connectivity index (χ0n) is 12.9. The van der Waals surface area contributed by atoms with E-state index in [2.05, 4.69) is 0 Å². The van der Waals surface area contributed by atoms with Crippen molar-refractivity contribution >= 4 is 23.6 Å². The summed E-state index contributed by atoms with van der Waals surface area (Å²) in [4.78, 5) is 25.1. The lowest BCUT2D eigenvalue weighted by Gasteiger charge is -2.23. The molecule has 0 fully saturated rings. The highest BCUT2D eigenvalue weighted by Crippen LogP contribution is 2.16. The SMILES string of the molecule is CC(CN(C(=O)/C=C/c1ccccc1)c1ccccc1)C(=O)O. The first-order valence-corrected chi connectivity index (χ1v) is 7.40. The predicted molar refractivity (Wildman–Crippen MR) is 91.1 cm³/mol. The number of carboxylic acids is 1. The van der Waals surface area contributed by atoms with E-state index in [-0.39, 0.29) is 12.5 Å². The summed E-state index contributed by atoms with van der Waals surface area (Å²) in [7, 11) is 0. The summed E-state index contributed by atoms with van der Waals surface area (Å²) in [5.74, 6) is -1.82. The molecule has 118 valence electrons. The molecular weight excluding hydrogens is 290 g/mol. The third-order valence-corrected chi connectivity index (χ3v) is 3.43. The quantitative estimate of drug-likeness (QED) is 0.831. The van der Waals surface area contributed by atoms with Crippen LogP contribution in [0.15, 0.2) is 66.7 Å². The van der Waals surface area contributed by atoms with Crippen LogP contribution in [0.25, 0.3) is 6.08 Å². The van der Waals surface area contributed by atoms with Gasteiger partial charge >= 0.3 is 5.97 Å². The van der Waals surface area contributed by atoms with E-state index in [1.165, 1.54) is 11.0 Å². The molecule has 23 heavy (non-hydrogen) atoms. The Morgan fingerprint density at radius 1 is 1.04 bits per heavy atom. The fourth-order valence-electron chi connectivity index (χ4n) is 2.10. The normalized spacial score (nSPS) is 12.0. The number of carbonyl (C=O) groups excluding carboxylic acids is 1. The van der Waals surface area contributed by atoms with E-state index in [9.17, 15) is 9.59 Å². The first kappa shape index (κ1) is 16.5. The highest BCUT2D eigenvalue weighted by molar-refractivity contribution is 6.04. The minimum atomic E-state index is -0.925. The summed E-state index contributed by atoms with van der Waals surface area (Å²) in [6, 6.07) is 18.6. The number of amides is 1. The number of hydrogen-bond donors (Lipinski definition) is 1. The lowest BCUT2D eigenvalue weighted by molar-refractivity contribution is -0.140. The first-order chi connectivity index (χ1) is 11.1. The Balaban J connectivity index is 2.21. The molecule has 4 heteroatoms. The monoisotopic (exact) mass is 309 g/mol. The predicted octanol–water partition coefficient (Wildman–Crippen LogP) is 3.45. The molecule has 0 heterocycles. The molecule has 1 atom stereocenters. The van der Waals surface area contributed by atoms with Crippen LogP contribution >= 0.6 is 0 Å². The van der Waals surface area contributed by atoms with Gasteiger partial charge in [0.1, 0.15) is 0 Å². The molecule has 2 aromatic carbocycles. The number of nitrogens with zero attached hydrogens (tertiary/aromatic N) is 1. The molecule has 0 bridgehead atoms. The average molecular weight is 309 g/mol. The lowest BCUT2D eigenvalue weighted by atomic mass is 10.1. The molecule has 0 aromatic heterocycles. The van der Waals surface area contributed by atoms with Gasteiger partial charge < -0.3 is 10.0 Å². The Kier molecular flexibility index (Phi) is 5.69. The minimum Gasteiger partial charge on any atom is -0.481 e. The van der Waals surface area contributed by atoms with E-state index in [1.807, 2.05) is 48.5 Å². The van der Waals surface area contributed by atoms with Crippen molar-refractivity contribution in [3.05, 3.63) is 72.3 Å². The standard InChI is InChI=1S/C19H19NO3/c1-15(19(22)23)14-20(17-10-6-3-7-11-17)18(21)13-12-16-8-4-2-5-9-16/h2-13,15H,14H2,1H3,(H,22,23)/b13-12+. The molecule has 0 aliphatic carbocycles. The molecule has 1 unspecified atom stereocenters. The third kappa shape index (κ3) is 4.81. The molecule has 0 aliphatic rings. The summed E-state index contributed by atoms with van der Waals surface area (Å²) in [5.41, 5.74) is 1.60. The number of carboxylic acid groups (broad SMARTS) is 1. The smallest absolute Gasteiger partial charge is 0.308 e. The molecule has 0 saturated carbocycles. The van der Waals surface area contributed by atoms with Gasteiger partial charge in [-0.2, -0.15) is 0 Å². The molecule has 0 radical (unpaired) electrons. The van der Waals surface area contributed by atoms with Crippen molar-refractivity contribution in [3.63, 3.8) is 0 Å². The number of para-hydroxylation sites is 1. The zero-order valence-corrected chi connectivity index (χ0v) is 12.9. The Labute approximate surface area is 135 Å². The van der Waals surface area contributed by atoms with Gasteiger partial charge in [-0.1, -0.05) is 55.5 Å². The fraction of sp³-hybridized carbons (Fsp3) is 0.158. The second kappa shape index (κ2) is 7.94. The van der Waals surface area contributed by atoms with E-state index in [1.54, 1.807) is 25.1 Å². The number of rotatable bonds is 6. The van der Waals surface area contributed by atoms with Gasteiger partial charge in [0.2, 0.25) is 0 Å². The van der Waals surface area contributed by atoms with Crippen molar-refractivity contribution in [1.82, 2.24) is 0 Å². The summed E-state index contributed by atoms with van der Waals surface area (Å²) >= 11 is 0. The maximum Gasteiger partial charge on any atom is 0.308 e. The number of carbonyl (C=O) groups is 2. The van der Waals surface area contributed by atoms with Crippen LogP contribution in [0.2, 0.25) is 0 Å². The van der Waals surface area contributed by atoms with E-state index in [0.29, 0.717) is 5.69 Å². The highest BCUT2D eigenvalue weighted by Gasteiger charge is 2.20. The van der Waals surface area contributed by atoms with Crippen molar-refractivity contribution in [2.45, 2.75) is 6.92 Å². The number of aliphatic carboxylic acids is 1. The second-order valence-electron chi connectivity index (χ2n) is 5.27. The van der Waals surface area contributed by atoms with Gasteiger partial charge in [0.05, 0.1) is 5.92 Å². The van der Waals surface area contributed by atoms with E-state index >= 15 is 0 Å². The summed E-state index contributed by atoms with van der Waals surface area (Å²) in [5, 5.41) is 9.11. The zero-order chi connectivity index (χ0) is 16.7. The van der Waals surface area contributed by atoms with Gasteiger partial charge in [-0.25, -0.2) is 0 Å². The number of anilines is 1. The molecule has 0 saturated heterocycles. The number of hydrogen-bond acceptors (Lipinski definition) is 2. The van der Waals surface area contributed by atoms with Crippen molar-refractivity contribution in [1.29, 1.82) is 0 Å². The van der Waals surface area contributed by atoms with Gasteiger partial charge in [-0.3, -0.25) is 9.59 Å². The molecule has 1 N–H and O–H groups in total. The molecule has 2 rings (SSSR count). The van der Waals surface area contributed by atoms with Crippen LogP contribution in [0.1, 0.15) is 12.5 Å². The van der Waals surface area contributed by atoms with Crippen LogP contribution in [0.4, 0.5) is 5.69 Å². The minimum absolute atomic E-state index is 0.122. The number of benzene rings is 2. The summed E-state index contributed by atoms with van der Waals surface area (Å²) in [6.07, 6.45) is 3.20. The van der Waals surface area contributed by atoms with Crippen molar-refractivity contribution in [3.8, 4) is 0 Å². The van der Waals surface area contributed by atoms with Gasteiger partial charge in [-0.15, -0.1) is 0 Å². The third-order valence-electron chi connectivity index (χ3n) is 3.43. The largest absolute Gasteiger partial charge is 0.481 e. The average Bonchev–Trinajstić information content (AvgIpc) is 2.59. The molecule has 1 amide bonds. The second-order valence-corrected chi connectivity index (χ2v) is 5.27. The van der Waals surface area contributed by atoms with Crippen LogP contribution in [-0.2, 0) is 9.59 Å². The van der Waals surface area contributed by atoms with Gasteiger partial charge in [-0.05, 0) is 23.8 Å². The Bertz CT molecular complexity index is 680. The topological polar surface area (TPSA) is 57.6 Å². The van der Waals surface area contributed by atoms with E-state index in [0.717, 1.165) is 5.56 Å². The Morgan fingerprint density at radius 3 is 2.17 bits per heavy atom. The lowest BCUT2D eigenvalue weighted by Crippen LogP contribution is -2.35. The molecule has 0 spiro atoms. The molecule has 4 nitrogen and oxygen atoms in total. The summed E-state index contributed by atoms with van der Waals surface area (Å²) < 4.78 is 0. The Hall–Kier alpha value is -2.88. The Morgan fingerprint density at radius 2 is 1.61 bits per heavy atom. The maximum absolute atomic E-state index is 12.5. The van der Waals surface area contributed by atoms with Crippen molar-refractivity contribution in [2.24, 2.45) is 5.92 Å². The van der Waals surface area contributed by atoms with Crippen molar-refractivity contribution in [2.75, 3.05) is 11.4 Å². The molecule has 2 aromatic rings. The first-order valence-electron chi connectivity index (χ1n) is 7.40. The van der Waals surface area contributed by atoms with E-state index < -0.39 is 11.9 Å².